The van der Waals surface area contributed by atoms with E-state index in [-0.39, 0.29) is 17.6 Å². The molecule has 0 bridgehead atoms. The van der Waals surface area contributed by atoms with Crippen molar-refractivity contribution in [1.29, 1.82) is 0 Å². The van der Waals surface area contributed by atoms with E-state index in [1.54, 1.807) is 0 Å². The van der Waals surface area contributed by atoms with Gasteiger partial charge in [0.15, 0.2) is 11.5 Å². The zero-order chi connectivity index (χ0) is 23.4. The predicted molar refractivity (Wildman–Crippen MR) is 132 cm³/mol. The molecule has 1 aromatic heterocycles. The number of ketones is 1. The zero-order valence-corrected chi connectivity index (χ0v) is 19.1. The summed E-state index contributed by atoms with van der Waals surface area (Å²) < 4.78 is 19.2. The number of piperazine rings is 1. The number of hydrogen-bond acceptors (Lipinski definition) is 6. The maximum Gasteiger partial charge on any atom is 0.196 e. The van der Waals surface area contributed by atoms with Crippen LogP contribution in [0.25, 0.3) is 22.2 Å². The highest BCUT2D eigenvalue weighted by atomic mass is 19.1. The molecule has 6 rings (SSSR count). The van der Waals surface area contributed by atoms with Gasteiger partial charge < -0.3 is 19.6 Å². The fourth-order valence-electron chi connectivity index (χ4n) is 5.07. The summed E-state index contributed by atoms with van der Waals surface area (Å²) in [5, 5.41) is 8.72. The highest BCUT2D eigenvalue weighted by Crippen LogP contribution is 2.46. The number of aromatic nitrogens is 1. The number of hydrogen-bond donors (Lipinski definition) is 1. The van der Waals surface area contributed by atoms with Crippen LogP contribution < -0.4 is 15.1 Å². The third-order valence-corrected chi connectivity index (χ3v) is 6.63. The van der Waals surface area contributed by atoms with E-state index in [0.717, 1.165) is 59.7 Å². The van der Waals surface area contributed by atoms with Crippen molar-refractivity contribution in [2.75, 3.05) is 41.3 Å². The van der Waals surface area contributed by atoms with Crippen LogP contribution in [-0.4, -0.2) is 43.2 Å². The average molecular weight is 457 g/mol. The Morgan fingerprint density at radius 1 is 0.971 bits per heavy atom. The van der Waals surface area contributed by atoms with Gasteiger partial charge in [-0.2, -0.15) is 0 Å². The number of carbonyl (C=O) groups is 1. The van der Waals surface area contributed by atoms with Gasteiger partial charge in [-0.15, -0.1) is 0 Å². The van der Waals surface area contributed by atoms with Crippen molar-refractivity contribution >= 4 is 33.7 Å². The van der Waals surface area contributed by atoms with E-state index in [0.29, 0.717) is 16.9 Å². The molecule has 1 saturated heterocycles. The first kappa shape index (κ1) is 20.7. The molecule has 0 saturated carbocycles. The maximum absolute atomic E-state index is 13.5. The molecule has 0 unspecified atom stereocenters. The first-order valence-electron chi connectivity index (χ1n) is 11.6. The molecule has 2 heterocycles. The predicted octanol–water partition coefficient (Wildman–Crippen LogP) is 5.33. The first-order chi connectivity index (χ1) is 16.5. The Morgan fingerprint density at radius 2 is 1.65 bits per heavy atom. The van der Waals surface area contributed by atoms with E-state index in [2.05, 4.69) is 34.1 Å². The lowest BCUT2D eigenvalue weighted by Crippen LogP contribution is -2.46. The molecule has 3 aromatic carbocycles. The zero-order valence-electron chi connectivity index (χ0n) is 19.1. The summed E-state index contributed by atoms with van der Waals surface area (Å²) in [6.07, 6.45) is 0. The van der Waals surface area contributed by atoms with Gasteiger partial charge in [0.05, 0.1) is 16.6 Å². The number of rotatable bonds is 4. The van der Waals surface area contributed by atoms with Gasteiger partial charge in [0.1, 0.15) is 11.3 Å². The lowest BCUT2D eigenvalue weighted by Gasteiger charge is -2.37. The van der Waals surface area contributed by atoms with E-state index in [1.165, 1.54) is 12.1 Å². The largest absolute Gasteiger partial charge is 0.382 e. The summed E-state index contributed by atoms with van der Waals surface area (Å²) in [6.45, 7) is 7.28. The van der Waals surface area contributed by atoms with Gasteiger partial charge in [-0.25, -0.2) is 4.39 Å². The Bertz CT molecular complexity index is 1400. The number of nitrogens with zero attached hydrogens (tertiary/aromatic N) is 3. The van der Waals surface area contributed by atoms with Gasteiger partial charge in [-0.1, -0.05) is 29.4 Å². The molecule has 6 nitrogen and oxygen atoms in total. The summed E-state index contributed by atoms with van der Waals surface area (Å²) in [6, 6.07) is 16.4. The van der Waals surface area contributed by atoms with Crippen molar-refractivity contribution in [3.05, 3.63) is 71.5 Å². The Balaban J connectivity index is 1.42. The van der Waals surface area contributed by atoms with Crippen molar-refractivity contribution in [1.82, 2.24) is 5.16 Å². The Hall–Kier alpha value is -3.87. The molecule has 7 heteroatoms. The number of benzene rings is 3. The lowest BCUT2D eigenvalue weighted by atomic mass is 9.86. The summed E-state index contributed by atoms with van der Waals surface area (Å²) in [4.78, 5) is 18.1. The molecule has 0 radical (unpaired) electrons. The van der Waals surface area contributed by atoms with E-state index in [4.69, 9.17) is 4.52 Å². The quantitative estimate of drug-likeness (QED) is 0.395. The SMILES string of the molecule is CC(C)Nc1cc(N2CCN(c3ccc(F)cc3)CC2)c2noc3c2c1C(=O)c1ccccc1-3. The van der Waals surface area contributed by atoms with Crippen molar-refractivity contribution in [3.8, 4) is 11.3 Å². The number of halogens is 1. The molecule has 34 heavy (non-hydrogen) atoms. The second-order valence-corrected chi connectivity index (χ2v) is 9.18. The van der Waals surface area contributed by atoms with Gasteiger partial charge in [-0.3, -0.25) is 4.79 Å². The van der Waals surface area contributed by atoms with Gasteiger partial charge in [-0.05, 0) is 44.2 Å². The van der Waals surface area contributed by atoms with Crippen LogP contribution in [0.15, 0.2) is 59.1 Å². The smallest absolute Gasteiger partial charge is 0.196 e. The standard InChI is InChI=1S/C27H25FN4O2/c1-16(2)29-21-15-22(32-13-11-31(12-14-32)18-9-7-17(28)8-10-18)25-24-23(21)26(33)19-5-3-4-6-20(19)27(24)34-30-25/h3-10,15-16,29H,11-14H2,1-2H3. The fourth-order valence-corrected chi connectivity index (χ4v) is 5.07. The summed E-state index contributed by atoms with van der Waals surface area (Å²) in [5.41, 5.74) is 5.57. The molecule has 4 aromatic rings. The van der Waals surface area contributed by atoms with E-state index < -0.39 is 0 Å². The molecule has 1 aliphatic carbocycles. The summed E-state index contributed by atoms with van der Waals surface area (Å²) >= 11 is 0. The molecular weight excluding hydrogens is 431 g/mol. The number of fused-ring (bicyclic) bond motifs is 2. The third-order valence-electron chi connectivity index (χ3n) is 6.63. The van der Waals surface area contributed by atoms with Crippen LogP contribution in [0.3, 0.4) is 0 Å². The monoisotopic (exact) mass is 456 g/mol. The molecule has 1 fully saturated rings. The molecule has 0 atom stereocenters. The first-order valence-corrected chi connectivity index (χ1v) is 11.6. The number of anilines is 3. The average Bonchev–Trinajstić information content (AvgIpc) is 3.28. The summed E-state index contributed by atoms with van der Waals surface area (Å²) in [5.74, 6) is 0.417. The van der Waals surface area contributed by atoms with E-state index in [1.807, 2.05) is 42.5 Å². The normalized spacial score (nSPS) is 15.2. The van der Waals surface area contributed by atoms with Crippen molar-refractivity contribution in [3.63, 3.8) is 0 Å². The lowest BCUT2D eigenvalue weighted by molar-refractivity contribution is 0.104. The topological polar surface area (TPSA) is 61.6 Å². The molecule has 0 spiro atoms. The van der Waals surface area contributed by atoms with Gasteiger partial charge in [0.2, 0.25) is 0 Å². The van der Waals surface area contributed by atoms with E-state index >= 15 is 0 Å². The van der Waals surface area contributed by atoms with Crippen molar-refractivity contribution in [2.45, 2.75) is 19.9 Å². The van der Waals surface area contributed by atoms with Gasteiger partial charge in [0, 0.05) is 54.7 Å². The number of carbonyl (C=O) groups excluding carboxylic acids is 1. The Kier molecular flexibility index (Phi) is 4.79. The van der Waals surface area contributed by atoms with Crippen molar-refractivity contribution in [2.24, 2.45) is 0 Å². The minimum atomic E-state index is -0.227. The molecule has 0 amide bonds. The minimum Gasteiger partial charge on any atom is -0.382 e. The number of nitrogens with one attached hydrogen (secondary N) is 1. The van der Waals surface area contributed by atoms with Gasteiger partial charge >= 0.3 is 0 Å². The summed E-state index contributed by atoms with van der Waals surface area (Å²) in [7, 11) is 0. The second kappa shape index (κ2) is 7.87. The van der Waals surface area contributed by atoms with Gasteiger partial charge in [0.25, 0.3) is 0 Å². The van der Waals surface area contributed by atoms with E-state index in [9.17, 15) is 9.18 Å². The third kappa shape index (κ3) is 3.22. The van der Waals surface area contributed by atoms with Crippen LogP contribution in [0.5, 0.6) is 0 Å². The maximum atomic E-state index is 13.5. The Labute approximate surface area is 196 Å². The minimum absolute atomic E-state index is 0.00729. The molecular formula is C27H25FN4O2. The van der Waals surface area contributed by atoms with Crippen molar-refractivity contribution < 1.29 is 13.7 Å². The fraction of sp³-hybridized carbons (Fsp3) is 0.259. The van der Waals surface area contributed by atoms with Crippen LogP contribution in [0.1, 0.15) is 29.8 Å². The molecule has 1 N–H and O–H groups in total. The van der Waals surface area contributed by atoms with Crippen LogP contribution in [0, 0.1) is 5.82 Å². The second-order valence-electron chi connectivity index (χ2n) is 9.18. The highest BCUT2D eigenvalue weighted by molar-refractivity contribution is 6.28. The molecule has 1 aliphatic heterocycles. The molecule has 2 aliphatic rings. The van der Waals surface area contributed by atoms with Crippen LogP contribution >= 0.6 is 0 Å². The van der Waals surface area contributed by atoms with Crippen LogP contribution in [-0.2, 0) is 0 Å². The Morgan fingerprint density at radius 3 is 2.35 bits per heavy atom. The molecule has 172 valence electrons. The van der Waals surface area contributed by atoms with Crippen LogP contribution in [0.4, 0.5) is 21.5 Å². The van der Waals surface area contributed by atoms with Crippen LogP contribution in [0.2, 0.25) is 0 Å². The highest BCUT2D eigenvalue weighted by Gasteiger charge is 2.34.